The lowest BCUT2D eigenvalue weighted by molar-refractivity contribution is -0.0878. The summed E-state index contributed by atoms with van der Waals surface area (Å²) >= 11 is 0. The van der Waals surface area contributed by atoms with E-state index in [9.17, 15) is 17.6 Å². The van der Waals surface area contributed by atoms with E-state index < -0.39 is 17.4 Å². The quantitative estimate of drug-likeness (QED) is 0.453. The average molecular weight is 312 g/mol. The molecule has 0 amide bonds. The number of hydrogen-bond acceptors (Lipinski definition) is 0. The van der Waals surface area contributed by atoms with Crippen molar-refractivity contribution < 1.29 is 17.6 Å². The minimum Gasteiger partial charge on any atom is -0.239 e. The van der Waals surface area contributed by atoms with Crippen molar-refractivity contribution in [2.45, 2.75) is 39.5 Å². The second-order valence-electron chi connectivity index (χ2n) is 5.60. The maximum atomic E-state index is 14.1. The highest BCUT2D eigenvalue weighted by Crippen LogP contribution is 2.31. The van der Waals surface area contributed by atoms with Crippen molar-refractivity contribution in [3.05, 3.63) is 65.3 Å². The summed E-state index contributed by atoms with van der Waals surface area (Å²) in [6, 6.07) is 5.12. The van der Waals surface area contributed by atoms with Gasteiger partial charge < -0.3 is 0 Å². The molecule has 0 atom stereocenters. The Kier molecular flexibility index (Phi) is 5.39. The topological polar surface area (TPSA) is 0 Å². The highest BCUT2D eigenvalue weighted by atomic mass is 19.4. The van der Waals surface area contributed by atoms with Crippen LogP contribution in [0.2, 0.25) is 0 Å². The molecule has 1 aromatic carbocycles. The van der Waals surface area contributed by atoms with Crippen LogP contribution >= 0.6 is 0 Å². The lowest BCUT2D eigenvalue weighted by Crippen LogP contribution is -2.10. The molecule has 0 heterocycles. The SMILES string of the molecule is C=C(/C=C\C(=C/C)c1cc(C(C)(C)F)ccc1C)C(F)(F)F. The van der Waals surface area contributed by atoms with E-state index >= 15 is 0 Å². The number of rotatable bonds is 4. The lowest BCUT2D eigenvalue weighted by Gasteiger charge is -2.17. The average Bonchev–Trinajstić information content (AvgIpc) is 2.38. The summed E-state index contributed by atoms with van der Waals surface area (Å²) in [6.07, 6.45) is -0.472. The molecule has 0 bridgehead atoms. The van der Waals surface area contributed by atoms with Crippen LogP contribution in [0.5, 0.6) is 0 Å². The van der Waals surface area contributed by atoms with Crippen LogP contribution in [0.3, 0.4) is 0 Å². The summed E-state index contributed by atoms with van der Waals surface area (Å²) in [5, 5.41) is 0. The van der Waals surface area contributed by atoms with Crippen LogP contribution in [-0.4, -0.2) is 6.18 Å². The number of aryl methyl sites for hydroxylation is 1. The maximum Gasteiger partial charge on any atom is 0.415 e. The minimum absolute atomic E-state index is 0.482. The molecule has 0 saturated heterocycles. The molecule has 1 aromatic rings. The normalized spacial score (nSPS) is 13.7. The minimum atomic E-state index is -4.45. The standard InChI is InChI=1S/C18H20F4/c1-6-14(9-8-13(3)18(20,21)22)16-11-15(17(4,5)19)10-7-12(16)2/h6-11H,3H2,1-2,4-5H3/b9-8-,14-6+. The highest BCUT2D eigenvalue weighted by molar-refractivity contribution is 5.76. The maximum absolute atomic E-state index is 14.1. The first-order valence-electron chi connectivity index (χ1n) is 6.87. The Morgan fingerprint density at radius 2 is 1.68 bits per heavy atom. The van der Waals surface area contributed by atoms with Crippen molar-refractivity contribution in [1.82, 2.24) is 0 Å². The zero-order valence-corrected chi connectivity index (χ0v) is 13.2. The van der Waals surface area contributed by atoms with Crippen LogP contribution in [0.4, 0.5) is 17.6 Å². The van der Waals surface area contributed by atoms with Crippen molar-refractivity contribution in [2.24, 2.45) is 0 Å². The molecule has 0 spiro atoms. The van der Waals surface area contributed by atoms with Crippen LogP contribution in [-0.2, 0) is 5.67 Å². The molecule has 22 heavy (non-hydrogen) atoms. The fourth-order valence-corrected chi connectivity index (χ4v) is 1.93. The third-order valence-corrected chi connectivity index (χ3v) is 3.37. The monoisotopic (exact) mass is 312 g/mol. The molecule has 0 saturated carbocycles. The summed E-state index contributed by atoms with van der Waals surface area (Å²) in [7, 11) is 0. The molecule has 0 radical (unpaired) electrons. The van der Waals surface area contributed by atoms with Crippen molar-refractivity contribution in [3.63, 3.8) is 0 Å². The summed E-state index contributed by atoms with van der Waals surface area (Å²) in [6.45, 7) is 9.45. The van der Waals surface area contributed by atoms with E-state index in [1.807, 2.05) is 6.92 Å². The first-order valence-corrected chi connectivity index (χ1v) is 6.87. The molecule has 120 valence electrons. The van der Waals surface area contributed by atoms with Gasteiger partial charge in [-0.1, -0.05) is 36.9 Å². The van der Waals surface area contributed by atoms with Crippen LogP contribution in [0, 0.1) is 6.92 Å². The van der Waals surface area contributed by atoms with Gasteiger partial charge in [0, 0.05) is 5.57 Å². The molecule has 0 aliphatic carbocycles. The van der Waals surface area contributed by atoms with E-state index in [1.165, 1.54) is 19.9 Å². The van der Waals surface area contributed by atoms with Crippen molar-refractivity contribution in [2.75, 3.05) is 0 Å². The van der Waals surface area contributed by atoms with Gasteiger partial charge in [0.1, 0.15) is 5.67 Å². The fourth-order valence-electron chi connectivity index (χ4n) is 1.93. The summed E-state index contributed by atoms with van der Waals surface area (Å²) in [5.74, 6) is 0. The smallest absolute Gasteiger partial charge is 0.239 e. The predicted molar refractivity (Wildman–Crippen MR) is 83.3 cm³/mol. The molecule has 0 fully saturated rings. The molecule has 0 aliphatic rings. The predicted octanol–water partition coefficient (Wildman–Crippen LogP) is 6.28. The third kappa shape index (κ3) is 4.58. The van der Waals surface area contributed by atoms with Gasteiger partial charge in [-0.05, 0) is 56.0 Å². The van der Waals surface area contributed by atoms with Gasteiger partial charge in [-0.3, -0.25) is 0 Å². The van der Waals surface area contributed by atoms with Gasteiger partial charge >= 0.3 is 6.18 Å². The molecule has 0 aromatic heterocycles. The van der Waals surface area contributed by atoms with E-state index in [4.69, 9.17) is 0 Å². The molecular formula is C18H20F4. The van der Waals surface area contributed by atoms with Gasteiger partial charge in [0.2, 0.25) is 0 Å². The first-order chi connectivity index (χ1) is 9.96. The zero-order chi connectivity index (χ0) is 17.1. The van der Waals surface area contributed by atoms with Crippen molar-refractivity contribution in [1.29, 1.82) is 0 Å². The largest absolute Gasteiger partial charge is 0.415 e. The van der Waals surface area contributed by atoms with Gasteiger partial charge in [0.05, 0.1) is 0 Å². The Morgan fingerprint density at radius 3 is 2.14 bits per heavy atom. The Balaban J connectivity index is 3.22. The molecule has 0 nitrogen and oxygen atoms in total. The Morgan fingerprint density at radius 1 is 1.09 bits per heavy atom. The highest BCUT2D eigenvalue weighted by Gasteiger charge is 2.29. The Hall–Kier alpha value is -1.84. The zero-order valence-electron chi connectivity index (χ0n) is 13.2. The van der Waals surface area contributed by atoms with Crippen LogP contribution in [0.15, 0.2) is 48.6 Å². The number of halogens is 4. The van der Waals surface area contributed by atoms with E-state index in [2.05, 4.69) is 6.58 Å². The number of alkyl halides is 4. The Labute approximate surface area is 128 Å². The molecule has 0 N–H and O–H groups in total. The van der Waals surface area contributed by atoms with Gasteiger partial charge in [-0.25, -0.2) is 4.39 Å². The first kappa shape index (κ1) is 18.2. The summed E-state index contributed by atoms with van der Waals surface area (Å²) < 4.78 is 51.5. The number of hydrogen-bond donors (Lipinski definition) is 0. The van der Waals surface area contributed by atoms with E-state index in [1.54, 1.807) is 31.2 Å². The molecular weight excluding hydrogens is 292 g/mol. The lowest BCUT2D eigenvalue weighted by atomic mass is 9.92. The second-order valence-corrected chi connectivity index (χ2v) is 5.60. The van der Waals surface area contributed by atoms with Gasteiger partial charge in [0.15, 0.2) is 0 Å². The van der Waals surface area contributed by atoms with Crippen LogP contribution in [0.25, 0.3) is 5.57 Å². The van der Waals surface area contributed by atoms with E-state index in [0.29, 0.717) is 16.7 Å². The van der Waals surface area contributed by atoms with E-state index in [0.717, 1.165) is 11.6 Å². The number of allylic oxidation sites excluding steroid dienone is 5. The second kappa shape index (κ2) is 6.51. The van der Waals surface area contributed by atoms with Crippen molar-refractivity contribution in [3.8, 4) is 0 Å². The van der Waals surface area contributed by atoms with Crippen molar-refractivity contribution >= 4 is 5.57 Å². The van der Waals surface area contributed by atoms with Crippen LogP contribution < -0.4 is 0 Å². The van der Waals surface area contributed by atoms with Gasteiger partial charge in [0.25, 0.3) is 0 Å². The number of benzene rings is 1. The molecule has 1 rings (SSSR count). The molecule has 0 aliphatic heterocycles. The van der Waals surface area contributed by atoms with E-state index in [-0.39, 0.29) is 0 Å². The Bertz CT molecular complexity index is 611. The fraction of sp³-hybridized carbons (Fsp3) is 0.333. The molecule has 4 heteroatoms. The molecule has 0 unspecified atom stereocenters. The van der Waals surface area contributed by atoms with Gasteiger partial charge in [-0.15, -0.1) is 0 Å². The van der Waals surface area contributed by atoms with Crippen LogP contribution in [0.1, 0.15) is 37.5 Å². The van der Waals surface area contributed by atoms with Gasteiger partial charge in [-0.2, -0.15) is 13.2 Å². The summed E-state index contributed by atoms with van der Waals surface area (Å²) in [4.78, 5) is 0. The third-order valence-electron chi connectivity index (χ3n) is 3.37. The summed E-state index contributed by atoms with van der Waals surface area (Å²) in [5.41, 5.74) is 0.205.